The highest BCUT2D eigenvalue weighted by Gasteiger charge is 2.08. The van der Waals surface area contributed by atoms with Crippen molar-refractivity contribution in [3.05, 3.63) is 47.8 Å². The zero-order valence-electron chi connectivity index (χ0n) is 9.15. The molecule has 0 amide bonds. The second-order valence-electron chi connectivity index (χ2n) is 3.67. The van der Waals surface area contributed by atoms with Crippen LogP contribution >= 0.6 is 0 Å². The standard InChI is InChI=1S/C12H14FN3/c1-9-8-15-12(5-6-14)16(9)11-4-2-3-10(13)7-11/h2-4,7-8H,5-6,14H2,1H3. The van der Waals surface area contributed by atoms with Crippen molar-refractivity contribution in [1.82, 2.24) is 9.55 Å². The Morgan fingerprint density at radius 1 is 1.44 bits per heavy atom. The molecule has 3 nitrogen and oxygen atoms in total. The number of nitrogens with zero attached hydrogens (tertiary/aromatic N) is 2. The summed E-state index contributed by atoms with van der Waals surface area (Å²) in [6.07, 6.45) is 2.46. The average Bonchev–Trinajstić information content (AvgIpc) is 2.60. The van der Waals surface area contributed by atoms with Crippen molar-refractivity contribution in [1.29, 1.82) is 0 Å². The maximum absolute atomic E-state index is 13.1. The van der Waals surface area contributed by atoms with Crippen LogP contribution in [0.5, 0.6) is 0 Å². The molecular formula is C12H14FN3. The fourth-order valence-corrected chi connectivity index (χ4v) is 1.76. The van der Waals surface area contributed by atoms with Gasteiger partial charge in [-0.15, -0.1) is 0 Å². The number of hydrogen-bond donors (Lipinski definition) is 1. The molecule has 0 radical (unpaired) electrons. The summed E-state index contributed by atoms with van der Waals surface area (Å²) in [6, 6.07) is 6.47. The number of imidazole rings is 1. The van der Waals surface area contributed by atoms with Crippen LogP contribution in [0.4, 0.5) is 4.39 Å². The Kier molecular flexibility index (Phi) is 3.01. The van der Waals surface area contributed by atoms with E-state index in [-0.39, 0.29) is 5.82 Å². The molecule has 0 unspecified atom stereocenters. The summed E-state index contributed by atoms with van der Waals surface area (Å²) in [5, 5.41) is 0. The van der Waals surface area contributed by atoms with Gasteiger partial charge in [-0.3, -0.25) is 0 Å². The fourth-order valence-electron chi connectivity index (χ4n) is 1.76. The van der Waals surface area contributed by atoms with Crippen LogP contribution in [0, 0.1) is 12.7 Å². The Hall–Kier alpha value is -1.68. The Morgan fingerprint density at radius 2 is 2.25 bits per heavy atom. The lowest BCUT2D eigenvalue weighted by Gasteiger charge is -2.09. The van der Waals surface area contributed by atoms with Gasteiger partial charge in [-0.25, -0.2) is 9.37 Å². The SMILES string of the molecule is Cc1cnc(CCN)n1-c1cccc(F)c1. The van der Waals surface area contributed by atoms with E-state index in [0.717, 1.165) is 17.2 Å². The van der Waals surface area contributed by atoms with Gasteiger partial charge in [-0.2, -0.15) is 0 Å². The number of aryl methyl sites for hydroxylation is 1. The molecule has 2 aromatic rings. The fraction of sp³-hybridized carbons (Fsp3) is 0.250. The predicted octanol–water partition coefficient (Wildman–Crippen LogP) is 1.82. The molecule has 0 atom stereocenters. The number of rotatable bonds is 3. The van der Waals surface area contributed by atoms with Crippen LogP contribution in [0.25, 0.3) is 5.69 Å². The number of hydrogen-bond acceptors (Lipinski definition) is 2. The van der Waals surface area contributed by atoms with Crippen molar-refractivity contribution in [3.63, 3.8) is 0 Å². The second kappa shape index (κ2) is 4.45. The van der Waals surface area contributed by atoms with Gasteiger partial charge >= 0.3 is 0 Å². The van der Waals surface area contributed by atoms with Crippen molar-refractivity contribution in [2.24, 2.45) is 5.73 Å². The zero-order chi connectivity index (χ0) is 11.5. The molecule has 0 fully saturated rings. The lowest BCUT2D eigenvalue weighted by atomic mass is 10.3. The van der Waals surface area contributed by atoms with E-state index in [1.165, 1.54) is 12.1 Å². The molecule has 0 spiro atoms. The summed E-state index contributed by atoms with van der Waals surface area (Å²) in [5.74, 6) is 0.620. The topological polar surface area (TPSA) is 43.8 Å². The van der Waals surface area contributed by atoms with Crippen molar-refractivity contribution in [3.8, 4) is 5.69 Å². The molecule has 16 heavy (non-hydrogen) atoms. The van der Waals surface area contributed by atoms with Gasteiger partial charge in [0.25, 0.3) is 0 Å². The first-order chi connectivity index (χ1) is 7.72. The highest BCUT2D eigenvalue weighted by molar-refractivity contribution is 5.35. The summed E-state index contributed by atoms with van der Waals surface area (Å²) in [6.45, 7) is 2.48. The van der Waals surface area contributed by atoms with Crippen LogP contribution in [-0.2, 0) is 6.42 Å². The van der Waals surface area contributed by atoms with Crippen molar-refractivity contribution >= 4 is 0 Å². The largest absolute Gasteiger partial charge is 0.330 e. The Balaban J connectivity index is 2.50. The molecule has 84 valence electrons. The van der Waals surface area contributed by atoms with E-state index < -0.39 is 0 Å². The molecule has 0 saturated heterocycles. The molecule has 1 heterocycles. The van der Waals surface area contributed by atoms with Crippen LogP contribution in [0.1, 0.15) is 11.5 Å². The van der Waals surface area contributed by atoms with Gasteiger partial charge in [0.2, 0.25) is 0 Å². The van der Waals surface area contributed by atoms with Crippen LogP contribution in [0.2, 0.25) is 0 Å². The first-order valence-electron chi connectivity index (χ1n) is 5.21. The third-order valence-electron chi connectivity index (χ3n) is 2.45. The lowest BCUT2D eigenvalue weighted by Crippen LogP contribution is -2.09. The molecule has 2 rings (SSSR count). The van der Waals surface area contributed by atoms with Gasteiger partial charge in [0.15, 0.2) is 0 Å². The van der Waals surface area contributed by atoms with E-state index in [2.05, 4.69) is 4.98 Å². The van der Waals surface area contributed by atoms with Gasteiger partial charge in [0, 0.05) is 24.0 Å². The van der Waals surface area contributed by atoms with Gasteiger partial charge in [-0.05, 0) is 31.7 Å². The number of halogens is 1. The Morgan fingerprint density at radius 3 is 2.94 bits per heavy atom. The third kappa shape index (κ3) is 1.97. The summed E-state index contributed by atoms with van der Waals surface area (Å²) in [4.78, 5) is 4.27. The van der Waals surface area contributed by atoms with Gasteiger partial charge in [-0.1, -0.05) is 6.07 Å². The summed E-state index contributed by atoms with van der Waals surface area (Å²) < 4.78 is 15.1. The van der Waals surface area contributed by atoms with E-state index in [1.807, 2.05) is 17.6 Å². The number of nitrogens with two attached hydrogens (primary N) is 1. The van der Waals surface area contributed by atoms with E-state index in [4.69, 9.17) is 5.73 Å². The number of aromatic nitrogens is 2. The maximum atomic E-state index is 13.1. The van der Waals surface area contributed by atoms with Crippen LogP contribution < -0.4 is 5.73 Å². The lowest BCUT2D eigenvalue weighted by molar-refractivity contribution is 0.626. The van der Waals surface area contributed by atoms with Crippen molar-refractivity contribution in [2.45, 2.75) is 13.3 Å². The van der Waals surface area contributed by atoms with Crippen LogP contribution in [-0.4, -0.2) is 16.1 Å². The second-order valence-corrected chi connectivity index (χ2v) is 3.67. The van der Waals surface area contributed by atoms with Gasteiger partial charge < -0.3 is 10.3 Å². The van der Waals surface area contributed by atoms with Crippen LogP contribution in [0.3, 0.4) is 0 Å². The zero-order valence-corrected chi connectivity index (χ0v) is 9.15. The van der Waals surface area contributed by atoms with E-state index >= 15 is 0 Å². The first-order valence-corrected chi connectivity index (χ1v) is 5.21. The van der Waals surface area contributed by atoms with E-state index in [0.29, 0.717) is 13.0 Å². The average molecular weight is 219 g/mol. The molecule has 0 aliphatic rings. The summed E-state index contributed by atoms with van der Waals surface area (Å²) >= 11 is 0. The highest BCUT2D eigenvalue weighted by atomic mass is 19.1. The molecule has 0 saturated carbocycles. The quantitative estimate of drug-likeness (QED) is 0.855. The molecule has 2 N–H and O–H groups in total. The van der Waals surface area contributed by atoms with Gasteiger partial charge in [0.1, 0.15) is 11.6 Å². The van der Waals surface area contributed by atoms with Gasteiger partial charge in [0.05, 0.1) is 0 Å². The molecule has 1 aromatic carbocycles. The molecule has 0 aliphatic carbocycles. The minimum atomic E-state index is -0.246. The van der Waals surface area contributed by atoms with Crippen molar-refractivity contribution < 1.29 is 4.39 Å². The Labute approximate surface area is 93.7 Å². The minimum Gasteiger partial charge on any atom is -0.330 e. The normalized spacial score (nSPS) is 10.7. The van der Waals surface area contributed by atoms with E-state index in [9.17, 15) is 4.39 Å². The predicted molar refractivity (Wildman–Crippen MR) is 61.0 cm³/mol. The monoisotopic (exact) mass is 219 g/mol. The summed E-state index contributed by atoms with van der Waals surface area (Å²) in [7, 11) is 0. The molecule has 1 aromatic heterocycles. The molecule has 4 heteroatoms. The Bertz CT molecular complexity index is 491. The smallest absolute Gasteiger partial charge is 0.125 e. The first kappa shape index (κ1) is 10.8. The molecule has 0 bridgehead atoms. The van der Waals surface area contributed by atoms with Crippen molar-refractivity contribution in [2.75, 3.05) is 6.54 Å². The molecular weight excluding hydrogens is 205 g/mol. The third-order valence-corrected chi connectivity index (χ3v) is 2.45. The molecule has 0 aliphatic heterocycles. The van der Waals surface area contributed by atoms with Crippen LogP contribution in [0.15, 0.2) is 30.5 Å². The summed E-state index contributed by atoms with van der Waals surface area (Å²) in [5.41, 5.74) is 7.29. The van der Waals surface area contributed by atoms with E-state index in [1.54, 1.807) is 12.3 Å². The number of benzene rings is 1. The highest BCUT2D eigenvalue weighted by Crippen LogP contribution is 2.15. The minimum absolute atomic E-state index is 0.246. The maximum Gasteiger partial charge on any atom is 0.125 e.